The van der Waals surface area contributed by atoms with E-state index in [1.54, 1.807) is 25.4 Å². The number of pyridine rings is 1. The molecule has 6 heteroatoms. The Morgan fingerprint density at radius 3 is 2.44 bits per heavy atom. The van der Waals surface area contributed by atoms with E-state index in [-0.39, 0.29) is 5.75 Å². The van der Waals surface area contributed by atoms with Crippen molar-refractivity contribution < 1.29 is 9.84 Å². The van der Waals surface area contributed by atoms with Crippen LogP contribution in [0.15, 0.2) is 60.8 Å². The normalized spacial score (nSPS) is 10.8. The second-order valence-corrected chi connectivity index (χ2v) is 5.44. The number of hydrogen-bond acceptors (Lipinski definition) is 6. The maximum atomic E-state index is 9.95. The van der Waals surface area contributed by atoms with Gasteiger partial charge in [-0.25, -0.2) is 9.97 Å². The molecule has 4 rings (SSSR count). The van der Waals surface area contributed by atoms with Crippen LogP contribution >= 0.6 is 0 Å². The molecule has 2 aromatic carbocycles. The number of ether oxygens (including phenoxy) is 1. The van der Waals surface area contributed by atoms with Crippen molar-refractivity contribution >= 4 is 10.9 Å². The van der Waals surface area contributed by atoms with E-state index < -0.39 is 0 Å². The summed E-state index contributed by atoms with van der Waals surface area (Å²) >= 11 is 0. The van der Waals surface area contributed by atoms with Gasteiger partial charge in [-0.05, 0) is 36.4 Å². The summed E-state index contributed by atoms with van der Waals surface area (Å²) in [6.45, 7) is 0. The molecule has 0 atom stereocenters. The number of aromatic hydroxyl groups is 1. The smallest absolute Gasteiger partial charge is 0.200 e. The number of para-hydroxylation sites is 1. The van der Waals surface area contributed by atoms with Crippen LogP contribution in [0.5, 0.6) is 11.5 Å². The summed E-state index contributed by atoms with van der Waals surface area (Å²) in [6.07, 6.45) is 1.65. The Morgan fingerprint density at radius 1 is 0.880 bits per heavy atom. The molecule has 0 aliphatic carbocycles. The third-order valence-electron chi connectivity index (χ3n) is 3.88. The van der Waals surface area contributed by atoms with Crippen LogP contribution in [0.25, 0.3) is 33.7 Å². The van der Waals surface area contributed by atoms with Crippen molar-refractivity contribution in [2.75, 3.05) is 7.11 Å². The summed E-state index contributed by atoms with van der Waals surface area (Å²) in [5, 5.41) is 19.2. The molecule has 2 heterocycles. The molecule has 4 aromatic rings. The van der Waals surface area contributed by atoms with E-state index in [2.05, 4.69) is 20.2 Å². The molecule has 0 saturated carbocycles. The molecular weight excluding hydrogens is 316 g/mol. The second kappa shape index (κ2) is 6.16. The van der Waals surface area contributed by atoms with Crippen molar-refractivity contribution in [2.45, 2.75) is 0 Å². The predicted octanol–water partition coefficient (Wildman–Crippen LogP) is 3.47. The minimum absolute atomic E-state index is 0.127. The van der Waals surface area contributed by atoms with Gasteiger partial charge in [-0.15, -0.1) is 10.2 Å². The van der Waals surface area contributed by atoms with Crippen molar-refractivity contribution in [2.24, 2.45) is 0 Å². The number of nitrogens with zero attached hydrogens (tertiary/aromatic N) is 4. The number of fused-ring (bicyclic) bond motifs is 1. The van der Waals surface area contributed by atoms with E-state index in [1.165, 1.54) is 0 Å². The van der Waals surface area contributed by atoms with E-state index >= 15 is 0 Å². The fraction of sp³-hybridized carbons (Fsp3) is 0.0526. The van der Waals surface area contributed by atoms with Crippen molar-refractivity contribution in [3.63, 3.8) is 0 Å². The molecule has 0 spiro atoms. The van der Waals surface area contributed by atoms with Gasteiger partial charge in [-0.3, -0.25) is 0 Å². The predicted molar refractivity (Wildman–Crippen MR) is 94.2 cm³/mol. The third kappa shape index (κ3) is 2.85. The molecule has 25 heavy (non-hydrogen) atoms. The largest absolute Gasteiger partial charge is 0.506 e. The molecule has 0 saturated heterocycles. The zero-order chi connectivity index (χ0) is 17.2. The number of methoxy groups -OCH3 is 1. The number of rotatable bonds is 3. The Kier molecular flexibility index (Phi) is 3.70. The van der Waals surface area contributed by atoms with E-state index in [0.29, 0.717) is 22.7 Å². The van der Waals surface area contributed by atoms with Crippen molar-refractivity contribution in [3.05, 3.63) is 60.8 Å². The zero-order valence-corrected chi connectivity index (χ0v) is 13.4. The van der Waals surface area contributed by atoms with Gasteiger partial charge in [0.2, 0.25) is 0 Å². The first-order valence-electron chi connectivity index (χ1n) is 7.68. The first-order valence-corrected chi connectivity index (χ1v) is 7.68. The van der Waals surface area contributed by atoms with E-state index in [4.69, 9.17) is 4.74 Å². The summed E-state index contributed by atoms with van der Waals surface area (Å²) in [5.74, 6) is 1.31. The van der Waals surface area contributed by atoms with Crippen molar-refractivity contribution in [1.29, 1.82) is 0 Å². The molecule has 0 amide bonds. The number of aromatic nitrogens is 4. The Labute approximate surface area is 143 Å². The van der Waals surface area contributed by atoms with Gasteiger partial charge in [0.1, 0.15) is 28.4 Å². The fourth-order valence-electron chi connectivity index (χ4n) is 2.54. The Hall–Kier alpha value is -3.54. The zero-order valence-electron chi connectivity index (χ0n) is 13.4. The molecule has 122 valence electrons. The van der Waals surface area contributed by atoms with Gasteiger partial charge in [0.25, 0.3) is 0 Å². The average molecular weight is 330 g/mol. The van der Waals surface area contributed by atoms with E-state index in [0.717, 1.165) is 16.7 Å². The summed E-state index contributed by atoms with van der Waals surface area (Å²) in [5.41, 5.74) is 2.64. The quantitative estimate of drug-likeness (QED) is 0.619. The third-order valence-corrected chi connectivity index (χ3v) is 3.88. The van der Waals surface area contributed by atoms with E-state index in [9.17, 15) is 5.11 Å². The highest BCUT2D eigenvalue weighted by Gasteiger charge is 2.09. The highest BCUT2D eigenvalue weighted by Crippen LogP contribution is 2.25. The minimum Gasteiger partial charge on any atom is -0.506 e. The molecule has 1 N–H and O–H groups in total. The topological polar surface area (TPSA) is 81.0 Å². The lowest BCUT2D eigenvalue weighted by Gasteiger charge is -2.05. The maximum Gasteiger partial charge on any atom is 0.200 e. The SMILES string of the molecule is COc1ccc(-c2cnc(-c3ccc4cccc(O)c4n3)nn2)cc1. The molecule has 0 aliphatic rings. The molecule has 2 aromatic heterocycles. The summed E-state index contributed by atoms with van der Waals surface area (Å²) in [6, 6.07) is 16.5. The van der Waals surface area contributed by atoms with Crippen LogP contribution < -0.4 is 4.74 Å². The Bertz CT molecular complexity index is 1030. The standard InChI is InChI=1S/C19H14N4O2/c1-25-14-8-5-12(6-9-14)16-11-20-19(23-22-16)15-10-7-13-3-2-4-17(24)18(13)21-15/h2-11,24H,1H3. The lowest BCUT2D eigenvalue weighted by atomic mass is 10.1. The van der Waals surface area contributed by atoms with Gasteiger partial charge < -0.3 is 9.84 Å². The van der Waals surface area contributed by atoms with Gasteiger partial charge in [-0.1, -0.05) is 18.2 Å². The fourth-order valence-corrected chi connectivity index (χ4v) is 2.54. The molecule has 0 bridgehead atoms. The van der Waals surface area contributed by atoms with Gasteiger partial charge in [0.05, 0.1) is 13.3 Å². The Balaban J connectivity index is 1.68. The second-order valence-electron chi connectivity index (χ2n) is 5.44. The minimum atomic E-state index is 0.127. The summed E-state index contributed by atoms with van der Waals surface area (Å²) in [7, 11) is 1.62. The van der Waals surface area contributed by atoms with Crippen LogP contribution in [0.1, 0.15) is 0 Å². The first-order chi connectivity index (χ1) is 12.2. The van der Waals surface area contributed by atoms with Crippen LogP contribution in [0.2, 0.25) is 0 Å². The van der Waals surface area contributed by atoms with Crippen LogP contribution in [0.4, 0.5) is 0 Å². The molecular formula is C19H14N4O2. The average Bonchev–Trinajstić information content (AvgIpc) is 2.68. The molecule has 0 fully saturated rings. The van der Waals surface area contributed by atoms with Gasteiger partial charge in [0, 0.05) is 10.9 Å². The van der Waals surface area contributed by atoms with Crippen molar-refractivity contribution in [1.82, 2.24) is 20.2 Å². The van der Waals surface area contributed by atoms with Gasteiger partial charge in [0.15, 0.2) is 5.82 Å². The number of hydrogen-bond donors (Lipinski definition) is 1. The first kappa shape index (κ1) is 15.0. The number of phenolic OH excluding ortho intramolecular Hbond substituents is 1. The number of benzene rings is 2. The Morgan fingerprint density at radius 2 is 1.72 bits per heavy atom. The van der Waals surface area contributed by atoms with Crippen LogP contribution in [0.3, 0.4) is 0 Å². The highest BCUT2D eigenvalue weighted by molar-refractivity contribution is 5.85. The molecule has 0 unspecified atom stereocenters. The van der Waals surface area contributed by atoms with E-state index in [1.807, 2.05) is 42.5 Å². The van der Waals surface area contributed by atoms with Gasteiger partial charge >= 0.3 is 0 Å². The molecule has 0 radical (unpaired) electrons. The maximum absolute atomic E-state index is 9.95. The molecule has 0 aliphatic heterocycles. The summed E-state index contributed by atoms with van der Waals surface area (Å²) < 4.78 is 5.15. The summed E-state index contributed by atoms with van der Waals surface area (Å²) in [4.78, 5) is 8.79. The van der Waals surface area contributed by atoms with Gasteiger partial charge in [-0.2, -0.15) is 0 Å². The monoisotopic (exact) mass is 330 g/mol. The lowest BCUT2D eigenvalue weighted by Crippen LogP contribution is -1.96. The van der Waals surface area contributed by atoms with Crippen LogP contribution in [0, 0.1) is 0 Å². The molecule has 6 nitrogen and oxygen atoms in total. The van der Waals surface area contributed by atoms with Crippen LogP contribution in [-0.2, 0) is 0 Å². The highest BCUT2D eigenvalue weighted by atomic mass is 16.5. The van der Waals surface area contributed by atoms with Crippen LogP contribution in [-0.4, -0.2) is 32.4 Å². The van der Waals surface area contributed by atoms with Crippen molar-refractivity contribution in [3.8, 4) is 34.3 Å². The lowest BCUT2D eigenvalue weighted by molar-refractivity contribution is 0.415. The number of phenols is 1.